The van der Waals surface area contributed by atoms with Crippen molar-refractivity contribution in [1.29, 1.82) is 0 Å². The SMILES string of the molecule is Cc1ccc(C)c(Sc2c(CC(C)(C)C(=O)O)n(Cc3cc(C(F)(F)F)cc(C(F)(F)F)c3)c3ccc(C(C)C)cc23)c1. The maximum Gasteiger partial charge on any atom is 0.416 e. The molecule has 43 heavy (non-hydrogen) atoms. The molecule has 0 bridgehead atoms. The number of carboxylic acid groups (broad SMARTS) is 1. The van der Waals surface area contributed by atoms with Crippen LogP contribution in [0.1, 0.15) is 72.7 Å². The lowest BCUT2D eigenvalue weighted by molar-refractivity contribution is -0.147. The summed E-state index contributed by atoms with van der Waals surface area (Å²) in [6.07, 6.45) is -9.98. The van der Waals surface area contributed by atoms with Crippen molar-refractivity contribution in [2.24, 2.45) is 5.41 Å². The predicted octanol–water partition coefficient (Wildman–Crippen LogP) is 10.3. The molecule has 0 unspecified atom stereocenters. The van der Waals surface area contributed by atoms with E-state index in [2.05, 4.69) is 0 Å². The predicted molar refractivity (Wildman–Crippen MR) is 157 cm³/mol. The third kappa shape index (κ3) is 7.06. The Morgan fingerprint density at radius 3 is 2.02 bits per heavy atom. The highest BCUT2D eigenvalue weighted by Gasteiger charge is 2.37. The van der Waals surface area contributed by atoms with Crippen LogP contribution in [0.5, 0.6) is 0 Å². The van der Waals surface area contributed by atoms with E-state index in [0.29, 0.717) is 11.2 Å². The summed E-state index contributed by atoms with van der Waals surface area (Å²) in [5.41, 5.74) is -0.154. The van der Waals surface area contributed by atoms with Crippen LogP contribution in [0.3, 0.4) is 0 Å². The molecule has 0 aliphatic rings. The Kier molecular flexibility index (Phi) is 8.77. The quantitative estimate of drug-likeness (QED) is 0.199. The number of aliphatic carboxylic acids is 1. The van der Waals surface area contributed by atoms with E-state index in [1.807, 2.05) is 64.1 Å². The Morgan fingerprint density at radius 1 is 0.884 bits per heavy atom. The molecule has 0 aliphatic heterocycles. The number of hydrogen-bond acceptors (Lipinski definition) is 2. The van der Waals surface area contributed by atoms with Crippen LogP contribution >= 0.6 is 11.8 Å². The number of benzene rings is 3. The zero-order chi connectivity index (χ0) is 32.1. The molecule has 0 amide bonds. The van der Waals surface area contributed by atoms with Crippen LogP contribution in [-0.4, -0.2) is 15.6 Å². The van der Waals surface area contributed by atoms with Gasteiger partial charge in [0.2, 0.25) is 0 Å². The Balaban J connectivity index is 2.05. The molecule has 0 saturated heterocycles. The number of aromatic nitrogens is 1. The number of fused-ring (bicyclic) bond motifs is 1. The monoisotopic (exact) mass is 621 g/mol. The topological polar surface area (TPSA) is 42.2 Å². The Hall–Kier alpha value is -3.40. The molecular formula is C33H33F6NO2S. The van der Waals surface area contributed by atoms with Gasteiger partial charge < -0.3 is 9.67 Å². The first-order valence-corrected chi connectivity index (χ1v) is 14.5. The second kappa shape index (κ2) is 11.6. The molecule has 4 aromatic rings. The molecule has 3 nitrogen and oxygen atoms in total. The number of aryl methyl sites for hydroxylation is 2. The van der Waals surface area contributed by atoms with Crippen molar-refractivity contribution >= 4 is 28.6 Å². The summed E-state index contributed by atoms with van der Waals surface area (Å²) in [5.74, 6) is -0.934. The molecule has 0 radical (unpaired) electrons. The minimum Gasteiger partial charge on any atom is -0.481 e. The fourth-order valence-electron chi connectivity index (χ4n) is 4.94. The zero-order valence-corrected chi connectivity index (χ0v) is 25.5. The van der Waals surface area contributed by atoms with Gasteiger partial charge in [-0.3, -0.25) is 4.79 Å². The van der Waals surface area contributed by atoms with Gasteiger partial charge in [0.25, 0.3) is 0 Å². The third-order valence-electron chi connectivity index (χ3n) is 7.54. The molecule has 0 saturated carbocycles. The lowest BCUT2D eigenvalue weighted by Crippen LogP contribution is -2.27. The van der Waals surface area contributed by atoms with Crippen LogP contribution in [0.2, 0.25) is 0 Å². The number of nitrogens with zero attached hydrogens (tertiary/aromatic N) is 1. The molecule has 10 heteroatoms. The zero-order valence-electron chi connectivity index (χ0n) is 24.7. The van der Waals surface area contributed by atoms with Crippen LogP contribution in [0.15, 0.2) is 64.4 Å². The van der Waals surface area contributed by atoms with Crippen molar-refractivity contribution in [1.82, 2.24) is 4.57 Å². The molecule has 1 N–H and O–H groups in total. The van der Waals surface area contributed by atoms with Crippen LogP contribution < -0.4 is 0 Å². The fourth-order valence-corrected chi connectivity index (χ4v) is 6.21. The Bertz CT molecular complexity index is 1650. The minimum absolute atomic E-state index is 0.00763. The first-order valence-electron chi connectivity index (χ1n) is 13.7. The average Bonchev–Trinajstić information content (AvgIpc) is 3.15. The van der Waals surface area contributed by atoms with Gasteiger partial charge >= 0.3 is 18.3 Å². The van der Waals surface area contributed by atoms with Crippen molar-refractivity contribution < 1.29 is 36.2 Å². The van der Waals surface area contributed by atoms with Gasteiger partial charge in [0.05, 0.1) is 16.5 Å². The van der Waals surface area contributed by atoms with Gasteiger partial charge in [-0.05, 0) is 92.3 Å². The van der Waals surface area contributed by atoms with Gasteiger partial charge in [0, 0.05) is 39.4 Å². The molecule has 0 fully saturated rings. The number of hydrogen-bond donors (Lipinski definition) is 1. The van der Waals surface area contributed by atoms with Gasteiger partial charge in [0.15, 0.2) is 0 Å². The summed E-state index contributed by atoms with van der Waals surface area (Å²) in [4.78, 5) is 13.9. The Labute approximate surface area is 250 Å². The van der Waals surface area contributed by atoms with E-state index in [1.165, 1.54) is 11.8 Å². The largest absolute Gasteiger partial charge is 0.481 e. The first kappa shape index (κ1) is 32.5. The van der Waals surface area contributed by atoms with Crippen molar-refractivity contribution in [2.45, 2.75) is 82.6 Å². The second-order valence-corrected chi connectivity index (χ2v) is 13.0. The smallest absolute Gasteiger partial charge is 0.416 e. The molecule has 0 aliphatic carbocycles. The molecule has 0 spiro atoms. The average molecular weight is 622 g/mol. The van der Waals surface area contributed by atoms with E-state index in [0.717, 1.165) is 44.0 Å². The van der Waals surface area contributed by atoms with Crippen molar-refractivity contribution in [3.63, 3.8) is 0 Å². The summed E-state index contributed by atoms with van der Waals surface area (Å²) < 4.78 is 83.9. The lowest BCUT2D eigenvalue weighted by atomic mass is 9.88. The minimum atomic E-state index is -4.99. The lowest BCUT2D eigenvalue weighted by Gasteiger charge is -2.22. The van der Waals surface area contributed by atoms with Crippen molar-refractivity contribution in [3.05, 3.63) is 93.7 Å². The first-order chi connectivity index (χ1) is 19.8. The van der Waals surface area contributed by atoms with E-state index < -0.39 is 34.9 Å². The second-order valence-electron chi connectivity index (χ2n) is 11.9. The number of carbonyl (C=O) groups is 1. The summed E-state index contributed by atoms with van der Waals surface area (Å²) >= 11 is 1.43. The maximum atomic E-state index is 13.7. The number of alkyl halides is 6. The van der Waals surface area contributed by atoms with Gasteiger partial charge in [-0.1, -0.05) is 43.8 Å². The molecule has 3 aromatic carbocycles. The molecule has 0 atom stereocenters. The highest BCUT2D eigenvalue weighted by Crippen LogP contribution is 2.44. The molecule has 1 heterocycles. The normalized spacial score (nSPS) is 12.9. The van der Waals surface area contributed by atoms with Gasteiger partial charge in [-0.15, -0.1) is 0 Å². The fraction of sp³-hybridized carbons (Fsp3) is 0.364. The molecule has 1 aromatic heterocycles. The van der Waals surface area contributed by atoms with Gasteiger partial charge in [-0.2, -0.15) is 26.3 Å². The molecular weight excluding hydrogens is 588 g/mol. The molecule has 230 valence electrons. The van der Waals surface area contributed by atoms with E-state index in [1.54, 1.807) is 18.4 Å². The van der Waals surface area contributed by atoms with E-state index in [9.17, 15) is 36.2 Å². The summed E-state index contributed by atoms with van der Waals surface area (Å²) in [5, 5.41) is 10.8. The van der Waals surface area contributed by atoms with Gasteiger partial charge in [-0.25, -0.2) is 0 Å². The number of carboxylic acids is 1. The standard InChI is InChI=1S/C33H33F6NO2S/c1-18(2)22-9-10-26-25(14-22)29(43-28-11-19(3)7-8-20(28)4)27(16-31(5,6)30(41)42)40(26)17-21-12-23(32(34,35)36)15-24(13-21)33(37,38)39/h7-15,18H,16-17H2,1-6H3,(H,41,42). The number of halogens is 6. The van der Waals surface area contributed by atoms with E-state index in [-0.39, 0.29) is 30.5 Å². The summed E-state index contributed by atoms with van der Waals surface area (Å²) in [6.45, 7) is 10.7. The van der Waals surface area contributed by atoms with E-state index in [4.69, 9.17) is 0 Å². The maximum absolute atomic E-state index is 13.7. The van der Waals surface area contributed by atoms with Crippen molar-refractivity contribution in [2.75, 3.05) is 0 Å². The van der Waals surface area contributed by atoms with Crippen molar-refractivity contribution in [3.8, 4) is 0 Å². The van der Waals surface area contributed by atoms with Crippen LogP contribution in [0.25, 0.3) is 10.9 Å². The van der Waals surface area contributed by atoms with Crippen LogP contribution in [0.4, 0.5) is 26.3 Å². The molecule has 4 rings (SSSR count). The van der Waals surface area contributed by atoms with Crippen LogP contribution in [-0.2, 0) is 30.1 Å². The summed E-state index contributed by atoms with van der Waals surface area (Å²) in [7, 11) is 0. The van der Waals surface area contributed by atoms with E-state index >= 15 is 0 Å². The third-order valence-corrected chi connectivity index (χ3v) is 8.86. The Morgan fingerprint density at radius 2 is 1.49 bits per heavy atom. The highest BCUT2D eigenvalue weighted by atomic mass is 32.2. The van der Waals surface area contributed by atoms with Crippen LogP contribution in [0, 0.1) is 19.3 Å². The summed E-state index contributed by atoms with van der Waals surface area (Å²) in [6, 6.07) is 13.2. The number of rotatable bonds is 8. The highest BCUT2D eigenvalue weighted by molar-refractivity contribution is 7.99. The van der Waals surface area contributed by atoms with Gasteiger partial charge in [0.1, 0.15) is 0 Å².